The van der Waals surface area contributed by atoms with E-state index in [0.29, 0.717) is 12.3 Å². The summed E-state index contributed by atoms with van der Waals surface area (Å²) in [6.45, 7) is 8.82. The molecule has 0 aliphatic carbocycles. The number of hydrogen-bond donors (Lipinski definition) is 1. The van der Waals surface area contributed by atoms with Gasteiger partial charge in [-0.15, -0.1) is 0 Å². The predicted octanol–water partition coefficient (Wildman–Crippen LogP) is 4.81. The van der Waals surface area contributed by atoms with E-state index >= 15 is 0 Å². The van der Waals surface area contributed by atoms with Gasteiger partial charge in [-0.2, -0.15) is 0 Å². The van der Waals surface area contributed by atoms with Crippen LogP contribution < -0.4 is 10.1 Å². The van der Waals surface area contributed by atoms with Crippen molar-refractivity contribution in [3.8, 4) is 11.5 Å². The average molecular weight is 287 g/mol. The Bertz CT molecular complexity index is 617. The third-order valence-electron chi connectivity index (χ3n) is 3.13. The maximum absolute atomic E-state index is 14.1. The molecular weight excluding hydrogens is 265 g/mol. The molecule has 2 aromatic carbocycles. The van der Waals surface area contributed by atoms with E-state index in [9.17, 15) is 4.39 Å². The molecule has 0 unspecified atom stereocenters. The lowest BCUT2D eigenvalue weighted by Crippen LogP contribution is -2.35. The second-order valence-corrected chi connectivity index (χ2v) is 6.24. The number of nitrogens with one attached hydrogen (secondary N) is 1. The molecule has 0 saturated carbocycles. The summed E-state index contributed by atoms with van der Waals surface area (Å²) in [5, 5.41) is 3.34. The minimum Gasteiger partial charge on any atom is -0.454 e. The van der Waals surface area contributed by atoms with Gasteiger partial charge in [-0.05, 0) is 57.0 Å². The Morgan fingerprint density at radius 1 is 1.05 bits per heavy atom. The molecule has 0 aliphatic heterocycles. The molecule has 0 spiro atoms. The quantitative estimate of drug-likeness (QED) is 0.871. The number of ether oxygens (including phenoxy) is 1. The van der Waals surface area contributed by atoms with Crippen LogP contribution in [0.25, 0.3) is 0 Å². The molecule has 0 atom stereocenters. The summed E-state index contributed by atoms with van der Waals surface area (Å²) in [5.41, 5.74) is 1.89. The lowest BCUT2D eigenvalue weighted by atomic mass is 10.1. The number of para-hydroxylation sites is 1. The first kappa shape index (κ1) is 15.5. The third kappa shape index (κ3) is 4.57. The predicted molar refractivity (Wildman–Crippen MR) is 84.2 cm³/mol. The highest BCUT2D eigenvalue weighted by molar-refractivity contribution is 5.38. The van der Waals surface area contributed by atoms with Crippen LogP contribution in [0.15, 0.2) is 42.5 Å². The van der Waals surface area contributed by atoms with Gasteiger partial charge < -0.3 is 10.1 Å². The molecule has 0 amide bonds. The topological polar surface area (TPSA) is 21.3 Å². The van der Waals surface area contributed by atoms with Crippen LogP contribution in [0.1, 0.15) is 31.9 Å². The summed E-state index contributed by atoms with van der Waals surface area (Å²) < 4.78 is 19.8. The Morgan fingerprint density at radius 3 is 2.38 bits per heavy atom. The summed E-state index contributed by atoms with van der Waals surface area (Å²) in [6, 6.07) is 12.7. The zero-order valence-corrected chi connectivity index (χ0v) is 13.0. The molecule has 0 aliphatic rings. The van der Waals surface area contributed by atoms with Crippen molar-refractivity contribution in [2.75, 3.05) is 0 Å². The summed E-state index contributed by atoms with van der Waals surface area (Å²) >= 11 is 0. The highest BCUT2D eigenvalue weighted by Crippen LogP contribution is 2.27. The van der Waals surface area contributed by atoms with E-state index in [2.05, 4.69) is 26.1 Å². The van der Waals surface area contributed by atoms with E-state index < -0.39 is 0 Å². The van der Waals surface area contributed by atoms with Gasteiger partial charge >= 0.3 is 0 Å². The number of halogens is 1. The van der Waals surface area contributed by atoms with E-state index in [1.54, 1.807) is 6.07 Å². The van der Waals surface area contributed by atoms with Crippen LogP contribution in [-0.4, -0.2) is 5.54 Å². The second-order valence-electron chi connectivity index (χ2n) is 6.24. The normalized spacial score (nSPS) is 11.5. The minimum atomic E-state index is -0.341. The fraction of sp³-hybridized carbons (Fsp3) is 0.333. The van der Waals surface area contributed by atoms with Gasteiger partial charge in [0.25, 0.3) is 0 Å². The van der Waals surface area contributed by atoms with Gasteiger partial charge in [-0.1, -0.05) is 24.3 Å². The molecule has 0 saturated heterocycles. The molecule has 21 heavy (non-hydrogen) atoms. The molecule has 2 nitrogen and oxygen atoms in total. The SMILES string of the molecule is Cc1ccccc1Oc1ccc(CNC(C)(C)C)cc1F. The second kappa shape index (κ2) is 6.27. The van der Waals surface area contributed by atoms with Gasteiger partial charge in [0.15, 0.2) is 11.6 Å². The van der Waals surface area contributed by atoms with Crippen molar-refractivity contribution in [1.82, 2.24) is 5.32 Å². The zero-order valence-electron chi connectivity index (χ0n) is 13.0. The van der Waals surface area contributed by atoms with Crippen LogP contribution in [0, 0.1) is 12.7 Å². The van der Waals surface area contributed by atoms with Crippen LogP contribution in [0.5, 0.6) is 11.5 Å². The molecule has 2 rings (SSSR count). The van der Waals surface area contributed by atoms with Crippen molar-refractivity contribution >= 4 is 0 Å². The van der Waals surface area contributed by atoms with Gasteiger partial charge in [0.2, 0.25) is 0 Å². The highest BCUT2D eigenvalue weighted by atomic mass is 19.1. The van der Waals surface area contributed by atoms with E-state index in [-0.39, 0.29) is 17.1 Å². The van der Waals surface area contributed by atoms with Crippen molar-refractivity contribution in [1.29, 1.82) is 0 Å². The Labute approximate surface area is 126 Å². The number of benzene rings is 2. The van der Waals surface area contributed by atoms with Crippen LogP contribution in [0.4, 0.5) is 4.39 Å². The van der Waals surface area contributed by atoms with Gasteiger partial charge in [0, 0.05) is 12.1 Å². The van der Waals surface area contributed by atoms with Crippen LogP contribution in [0.3, 0.4) is 0 Å². The summed E-state index contributed by atoms with van der Waals surface area (Å²) in [4.78, 5) is 0. The summed E-state index contributed by atoms with van der Waals surface area (Å²) in [7, 11) is 0. The van der Waals surface area contributed by atoms with E-state index in [4.69, 9.17) is 4.74 Å². The van der Waals surface area contributed by atoms with Crippen molar-refractivity contribution < 1.29 is 9.13 Å². The van der Waals surface area contributed by atoms with E-state index in [1.165, 1.54) is 6.07 Å². The Morgan fingerprint density at radius 2 is 1.76 bits per heavy atom. The lowest BCUT2D eigenvalue weighted by Gasteiger charge is -2.20. The van der Waals surface area contributed by atoms with E-state index in [0.717, 1.165) is 11.1 Å². The van der Waals surface area contributed by atoms with E-state index in [1.807, 2.05) is 37.3 Å². The van der Waals surface area contributed by atoms with Gasteiger partial charge in [-0.3, -0.25) is 0 Å². The average Bonchev–Trinajstić information content (AvgIpc) is 2.41. The molecule has 0 fully saturated rings. The molecule has 3 heteroatoms. The van der Waals surface area contributed by atoms with Crippen LogP contribution in [-0.2, 0) is 6.54 Å². The first-order valence-electron chi connectivity index (χ1n) is 7.12. The number of hydrogen-bond acceptors (Lipinski definition) is 2. The van der Waals surface area contributed by atoms with Crippen molar-refractivity contribution in [3.05, 3.63) is 59.4 Å². The monoisotopic (exact) mass is 287 g/mol. The fourth-order valence-electron chi connectivity index (χ4n) is 1.89. The Hall–Kier alpha value is -1.87. The molecule has 2 aromatic rings. The minimum absolute atomic E-state index is 0.00674. The lowest BCUT2D eigenvalue weighted by molar-refractivity contribution is 0.420. The van der Waals surface area contributed by atoms with Crippen molar-refractivity contribution in [3.63, 3.8) is 0 Å². The largest absolute Gasteiger partial charge is 0.454 e. The molecule has 1 N–H and O–H groups in total. The number of rotatable bonds is 4. The molecule has 0 heterocycles. The smallest absolute Gasteiger partial charge is 0.166 e. The molecule has 0 aromatic heterocycles. The Kier molecular flexibility index (Phi) is 4.63. The van der Waals surface area contributed by atoms with Gasteiger partial charge in [-0.25, -0.2) is 4.39 Å². The first-order valence-corrected chi connectivity index (χ1v) is 7.12. The van der Waals surface area contributed by atoms with Crippen molar-refractivity contribution in [2.24, 2.45) is 0 Å². The molecule has 112 valence electrons. The summed E-state index contributed by atoms with van der Waals surface area (Å²) in [5.74, 6) is 0.590. The van der Waals surface area contributed by atoms with Crippen LogP contribution >= 0.6 is 0 Å². The third-order valence-corrected chi connectivity index (χ3v) is 3.13. The zero-order chi connectivity index (χ0) is 15.5. The van der Waals surface area contributed by atoms with Crippen LogP contribution in [0.2, 0.25) is 0 Å². The molecule has 0 bridgehead atoms. The maximum atomic E-state index is 14.1. The fourth-order valence-corrected chi connectivity index (χ4v) is 1.89. The Balaban J connectivity index is 2.11. The standard InChI is InChI=1S/C18H22FNO/c1-13-7-5-6-8-16(13)21-17-10-9-14(11-15(17)19)12-20-18(2,3)4/h5-11,20H,12H2,1-4H3. The van der Waals surface area contributed by atoms with Crippen molar-refractivity contribution in [2.45, 2.75) is 39.8 Å². The molecule has 0 radical (unpaired) electrons. The highest BCUT2D eigenvalue weighted by Gasteiger charge is 2.11. The number of aryl methyl sites for hydroxylation is 1. The molecular formula is C18H22FNO. The van der Waals surface area contributed by atoms with Gasteiger partial charge in [0.05, 0.1) is 0 Å². The van der Waals surface area contributed by atoms with Gasteiger partial charge in [0.1, 0.15) is 5.75 Å². The summed E-state index contributed by atoms with van der Waals surface area (Å²) in [6.07, 6.45) is 0. The first-order chi connectivity index (χ1) is 9.85. The maximum Gasteiger partial charge on any atom is 0.166 e.